The fourth-order valence-corrected chi connectivity index (χ4v) is 1.74. The van der Waals surface area contributed by atoms with E-state index in [4.69, 9.17) is 0 Å². The number of nitro groups is 1. The maximum atomic E-state index is 12.1. The topological polar surface area (TPSA) is 115 Å². The van der Waals surface area contributed by atoms with Crippen LogP contribution in [0.3, 0.4) is 0 Å². The Labute approximate surface area is 120 Å². The molecular weight excluding hydrogens is 276 g/mol. The van der Waals surface area contributed by atoms with Crippen LogP contribution in [0, 0.1) is 10.1 Å². The number of rotatable bonds is 6. The molecule has 0 aliphatic heterocycles. The van der Waals surface area contributed by atoms with E-state index in [1.807, 2.05) is 0 Å². The van der Waals surface area contributed by atoms with E-state index in [1.54, 1.807) is 30.2 Å². The van der Waals surface area contributed by atoms with E-state index in [-0.39, 0.29) is 17.1 Å². The average molecular weight is 290 g/mol. The van der Waals surface area contributed by atoms with Gasteiger partial charge in [-0.1, -0.05) is 0 Å². The third-order valence-electron chi connectivity index (χ3n) is 2.75. The number of amides is 1. The Morgan fingerprint density at radius 1 is 1.52 bits per heavy atom. The van der Waals surface area contributed by atoms with Crippen LogP contribution in [0.15, 0.2) is 30.7 Å². The van der Waals surface area contributed by atoms with Crippen LogP contribution in [0.4, 0.5) is 11.5 Å². The molecule has 1 amide bonds. The third-order valence-corrected chi connectivity index (χ3v) is 2.75. The number of carbonyl (C=O) groups excluding carboxylic acids is 1. The summed E-state index contributed by atoms with van der Waals surface area (Å²) in [4.78, 5) is 26.1. The summed E-state index contributed by atoms with van der Waals surface area (Å²) < 4.78 is 1.67. The average Bonchev–Trinajstić information content (AvgIpc) is 2.99. The molecule has 2 N–H and O–H groups in total. The first-order chi connectivity index (χ1) is 10.1. The lowest BCUT2D eigenvalue weighted by molar-refractivity contribution is -0.385. The minimum absolute atomic E-state index is 0.132. The van der Waals surface area contributed by atoms with Crippen LogP contribution in [0.5, 0.6) is 0 Å². The quantitative estimate of drug-likeness (QED) is 0.596. The molecule has 0 aliphatic rings. The van der Waals surface area contributed by atoms with Gasteiger partial charge in [-0.05, 0) is 6.07 Å². The monoisotopic (exact) mass is 290 g/mol. The van der Waals surface area contributed by atoms with Crippen molar-refractivity contribution in [1.82, 2.24) is 20.1 Å². The molecule has 0 aromatic carbocycles. The van der Waals surface area contributed by atoms with Crippen molar-refractivity contribution >= 4 is 17.4 Å². The summed E-state index contributed by atoms with van der Waals surface area (Å²) in [6, 6.07) is 2.98. The summed E-state index contributed by atoms with van der Waals surface area (Å²) in [5.41, 5.74) is -0.0987. The largest absolute Gasteiger partial charge is 0.372 e. The Kier molecular flexibility index (Phi) is 4.44. The zero-order chi connectivity index (χ0) is 15.2. The molecule has 9 heteroatoms. The fraction of sp³-hybridized carbons (Fsp3) is 0.250. The highest BCUT2D eigenvalue weighted by atomic mass is 16.6. The third kappa shape index (κ3) is 3.53. The maximum Gasteiger partial charge on any atom is 0.288 e. The first-order valence-corrected chi connectivity index (χ1v) is 6.19. The molecule has 0 saturated carbocycles. The van der Waals surface area contributed by atoms with Crippen LogP contribution < -0.4 is 10.6 Å². The minimum atomic E-state index is -0.590. The van der Waals surface area contributed by atoms with E-state index in [9.17, 15) is 14.9 Å². The minimum Gasteiger partial charge on any atom is -0.372 e. The summed E-state index contributed by atoms with van der Waals surface area (Å²) in [7, 11) is 1.59. The molecule has 0 bridgehead atoms. The molecule has 2 aromatic heterocycles. The molecule has 0 spiro atoms. The molecule has 0 radical (unpaired) electrons. The first-order valence-electron chi connectivity index (χ1n) is 6.19. The molecular formula is C12H14N6O3. The number of aromatic nitrogens is 3. The molecule has 2 aromatic rings. The van der Waals surface area contributed by atoms with Gasteiger partial charge in [-0.2, -0.15) is 5.10 Å². The second-order valence-electron chi connectivity index (χ2n) is 4.12. The Balaban J connectivity index is 2.06. The standard InChI is InChI=1S/C12H14N6O3/c1-13-11-10(7-9(8-15-11)18(20)21)12(19)14-4-6-17-5-2-3-16-17/h2-3,5,7-8H,4,6H2,1H3,(H,13,15)(H,14,19). The number of pyridine rings is 1. The second-order valence-corrected chi connectivity index (χ2v) is 4.12. The van der Waals surface area contributed by atoms with Crippen LogP contribution in [0.1, 0.15) is 10.4 Å². The number of nitrogens with one attached hydrogen (secondary N) is 2. The number of hydrogen-bond donors (Lipinski definition) is 2. The van der Waals surface area contributed by atoms with Gasteiger partial charge >= 0.3 is 0 Å². The summed E-state index contributed by atoms with van der Waals surface area (Å²) >= 11 is 0. The highest BCUT2D eigenvalue weighted by molar-refractivity contribution is 5.99. The predicted octanol–water partition coefficient (Wildman–Crippen LogP) is 0.658. The van der Waals surface area contributed by atoms with Crippen molar-refractivity contribution in [2.45, 2.75) is 6.54 Å². The molecule has 9 nitrogen and oxygen atoms in total. The SMILES string of the molecule is CNc1ncc([N+](=O)[O-])cc1C(=O)NCCn1cccn1. The van der Waals surface area contributed by atoms with Crippen molar-refractivity contribution in [3.8, 4) is 0 Å². The van der Waals surface area contributed by atoms with Crippen molar-refractivity contribution in [2.75, 3.05) is 18.9 Å². The Morgan fingerprint density at radius 2 is 2.33 bits per heavy atom. The Hall–Kier alpha value is -2.97. The van der Waals surface area contributed by atoms with Crippen LogP contribution in [0.2, 0.25) is 0 Å². The van der Waals surface area contributed by atoms with Gasteiger partial charge in [-0.25, -0.2) is 4.98 Å². The first kappa shape index (κ1) is 14.4. The van der Waals surface area contributed by atoms with Gasteiger partial charge < -0.3 is 10.6 Å². The molecule has 0 saturated heterocycles. The van der Waals surface area contributed by atoms with Crippen LogP contribution in [0.25, 0.3) is 0 Å². The molecule has 0 aliphatic carbocycles. The van der Waals surface area contributed by atoms with E-state index in [1.165, 1.54) is 6.07 Å². The van der Waals surface area contributed by atoms with Crippen LogP contribution in [-0.2, 0) is 6.54 Å². The highest BCUT2D eigenvalue weighted by Gasteiger charge is 2.17. The Morgan fingerprint density at radius 3 is 2.95 bits per heavy atom. The maximum absolute atomic E-state index is 12.1. The summed E-state index contributed by atoms with van der Waals surface area (Å²) in [6.07, 6.45) is 4.53. The van der Waals surface area contributed by atoms with Crippen molar-refractivity contribution in [3.63, 3.8) is 0 Å². The predicted molar refractivity (Wildman–Crippen MR) is 75.0 cm³/mol. The van der Waals surface area contributed by atoms with Gasteiger partial charge in [-0.3, -0.25) is 19.6 Å². The lowest BCUT2D eigenvalue weighted by Gasteiger charge is -2.09. The van der Waals surface area contributed by atoms with Crippen molar-refractivity contribution in [3.05, 3.63) is 46.4 Å². The summed E-state index contributed by atoms with van der Waals surface area (Å²) in [6.45, 7) is 0.863. The molecule has 0 atom stereocenters. The number of anilines is 1. The van der Waals surface area contributed by atoms with Gasteiger partial charge in [0.2, 0.25) is 0 Å². The molecule has 21 heavy (non-hydrogen) atoms. The molecule has 2 heterocycles. The van der Waals surface area contributed by atoms with Gasteiger partial charge in [0.1, 0.15) is 12.0 Å². The highest BCUT2D eigenvalue weighted by Crippen LogP contribution is 2.18. The summed E-state index contributed by atoms with van der Waals surface area (Å²) in [5, 5.41) is 20.2. The van der Waals surface area contributed by atoms with E-state index in [0.717, 1.165) is 6.20 Å². The lowest BCUT2D eigenvalue weighted by Crippen LogP contribution is -2.28. The number of hydrogen-bond acceptors (Lipinski definition) is 6. The molecule has 2 rings (SSSR count). The number of nitrogens with zero attached hydrogens (tertiary/aromatic N) is 4. The van der Waals surface area contributed by atoms with Crippen molar-refractivity contribution in [1.29, 1.82) is 0 Å². The number of carbonyl (C=O) groups is 1. The van der Waals surface area contributed by atoms with Gasteiger partial charge in [-0.15, -0.1) is 0 Å². The fourth-order valence-electron chi connectivity index (χ4n) is 1.74. The summed E-state index contributed by atoms with van der Waals surface area (Å²) in [5.74, 6) is -0.139. The zero-order valence-corrected chi connectivity index (χ0v) is 11.3. The van der Waals surface area contributed by atoms with Crippen molar-refractivity contribution in [2.24, 2.45) is 0 Å². The van der Waals surface area contributed by atoms with Gasteiger partial charge in [0.05, 0.1) is 17.0 Å². The molecule has 0 fully saturated rings. The van der Waals surface area contributed by atoms with Gasteiger partial charge in [0, 0.05) is 32.1 Å². The lowest BCUT2D eigenvalue weighted by atomic mass is 10.2. The van der Waals surface area contributed by atoms with Crippen LogP contribution >= 0.6 is 0 Å². The van der Waals surface area contributed by atoms with Gasteiger partial charge in [0.25, 0.3) is 11.6 Å². The second kappa shape index (κ2) is 6.46. The normalized spacial score (nSPS) is 10.1. The smallest absolute Gasteiger partial charge is 0.288 e. The van der Waals surface area contributed by atoms with E-state index in [2.05, 4.69) is 20.7 Å². The van der Waals surface area contributed by atoms with E-state index >= 15 is 0 Å². The van der Waals surface area contributed by atoms with E-state index in [0.29, 0.717) is 13.1 Å². The Bertz CT molecular complexity index is 640. The van der Waals surface area contributed by atoms with E-state index < -0.39 is 10.8 Å². The zero-order valence-electron chi connectivity index (χ0n) is 11.3. The van der Waals surface area contributed by atoms with Crippen LogP contribution in [-0.4, -0.2) is 39.2 Å². The van der Waals surface area contributed by atoms with Gasteiger partial charge in [0.15, 0.2) is 0 Å². The van der Waals surface area contributed by atoms with Crippen molar-refractivity contribution < 1.29 is 9.72 Å². The molecule has 110 valence electrons. The molecule has 0 unspecified atom stereocenters.